The highest BCUT2D eigenvalue weighted by Crippen LogP contribution is 2.31. The molecule has 1 aromatic heterocycles. The van der Waals surface area contributed by atoms with Gasteiger partial charge >= 0.3 is 11.8 Å². The molecular formula is C19H23N3O6S. The van der Waals surface area contributed by atoms with Crippen molar-refractivity contribution in [3.8, 4) is 0 Å². The van der Waals surface area contributed by atoms with Crippen molar-refractivity contribution in [3.05, 3.63) is 41.5 Å². The van der Waals surface area contributed by atoms with Crippen LogP contribution in [-0.4, -0.2) is 67.2 Å². The first-order valence-electron chi connectivity index (χ1n) is 9.56. The third-order valence-electron chi connectivity index (χ3n) is 5.25. The van der Waals surface area contributed by atoms with Crippen molar-refractivity contribution in [1.29, 1.82) is 0 Å². The van der Waals surface area contributed by atoms with Gasteiger partial charge in [0.2, 0.25) is 0 Å². The second kappa shape index (κ2) is 7.85. The molecule has 2 aromatic rings. The highest BCUT2D eigenvalue weighted by molar-refractivity contribution is 7.91. The number of hydrogen-bond acceptors (Lipinski definition) is 8. The van der Waals surface area contributed by atoms with E-state index >= 15 is 0 Å². The van der Waals surface area contributed by atoms with Crippen molar-refractivity contribution >= 4 is 15.7 Å². The Morgan fingerprint density at radius 1 is 1.14 bits per heavy atom. The molecule has 2 aliphatic heterocycles. The molecule has 0 radical (unpaired) electrons. The Balaban J connectivity index is 1.34. The Hall–Kier alpha value is -2.30. The lowest BCUT2D eigenvalue weighted by Gasteiger charge is -2.36. The van der Waals surface area contributed by atoms with Crippen molar-refractivity contribution in [2.75, 3.05) is 32.1 Å². The minimum atomic E-state index is -3.46. The summed E-state index contributed by atoms with van der Waals surface area (Å²) in [4.78, 5) is 18.6. The Bertz CT molecular complexity index is 970. The van der Waals surface area contributed by atoms with Gasteiger partial charge < -0.3 is 18.9 Å². The van der Waals surface area contributed by atoms with Gasteiger partial charge in [-0.3, -0.25) is 4.79 Å². The first-order chi connectivity index (χ1) is 13.9. The van der Waals surface area contributed by atoms with Crippen LogP contribution in [0.3, 0.4) is 0 Å². The Kier molecular flexibility index (Phi) is 5.41. The molecule has 1 aromatic carbocycles. The largest absolute Gasteiger partial charge is 0.347 e. The Morgan fingerprint density at radius 3 is 2.45 bits per heavy atom. The first kappa shape index (κ1) is 20.0. The van der Waals surface area contributed by atoms with Crippen molar-refractivity contribution < 1.29 is 27.2 Å². The van der Waals surface area contributed by atoms with Crippen LogP contribution < -0.4 is 0 Å². The SMILES string of the molecule is Cc1ccc(S(=O)(=O)CCc2noc(C(=O)N3CCC4(CC3)OCCO4)n2)cc1. The van der Waals surface area contributed by atoms with Gasteiger partial charge in [0.15, 0.2) is 21.4 Å². The standard InChI is InChI=1S/C19H23N3O6S/c1-14-2-4-15(5-3-14)29(24,25)13-6-16-20-17(28-21-16)18(23)22-9-7-19(8-10-22)26-11-12-27-19/h2-5H,6-13H2,1H3. The number of rotatable bonds is 5. The maximum absolute atomic E-state index is 12.6. The van der Waals surface area contributed by atoms with E-state index in [4.69, 9.17) is 14.0 Å². The van der Waals surface area contributed by atoms with Gasteiger partial charge in [0.05, 0.1) is 23.9 Å². The van der Waals surface area contributed by atoms with Crippen molar-refractivity contribution in [1.82, 2.24) is 15.0 Å². The smallest absolute Gasteiger partial charge is 0.316 e. The fraction of sp³-hybridized carbons (Fsp3) is 0.526. The van der Waals surface area contributed by atoms with E-state index in [1.54, 1.807) is 29.2 Å². The van der Waals surface area contributed by atoms with E-state index < -0.39 is 15.6 Å². The van der Waals surface area contributed by atoms with Gasteiger partial charge in [-0.25, -0.2) is 8.42 Å². The topological polar surface area (TPSA) is 112 Å². The first-order valence-corrected chi connectivity index (χ1v) is 11.2. The van der Waals surface area contributed by atoms with Crippen LogP contribution in [0.5, 0.6) is 0 Å². The van der Waals surface area contributed by atoms with Crippen molar-refractivity contribution in [2.45, 2.75) is 36.9 Å². The van der Waals surface area contributed by atoms with Crippen molar-refractivity contribution in [2.24, 2.45) is 0 Å². The van der Waals surface area contributed by atoms with Gasteiger partial charge in [-0.1, -0.05) is 22.9 Å². The highest BCUT2D eigenvalue weighted by Gasteiger charge is 2.41. The van der Waals surface area contributed by atoms with Gasteiger partial charge in [-0.05, 0) is 19.1 Å². The number of aryl methyl sites for hydroxylation is 2. The van der Waals surface area contributed by atoms with Crippen LogP contribution in [0.4, 0.5) is 0 Å². The van der Waals surface area contributed by atoms with E-state index in [1.807, 2.05) is 6.92 Å². The lowest BCUT2D eigenvalue weighted by molar-refractivity contribution is -0.181. The number of ether oxygens (including phenoxy) is 2. The maximum Gasteiger partial charge on any atom is 0.316 e. The van der Waals surface area contributed by atoms with Gasteiger partial charge in [0.25, 0.3) is 0 Å². The predicted molar refractivity (Wildman–Crippen MR) is 101 cm³/mol. The van der Waals surface area contributed by atoms with Crippen LogP contribution >= 0.6 is 0 Å². The number of carbonyl (C=O) groups is 1. The number of amides is 1. The molecule has 0 atom stereocenters. The zero-order valence-electron chi connectivity index (χ0n) is 16.2. The van der Waals surface area contributed by atoms with E-state index in [0.717, 1.165) is 5.56 Å². The van der Waals surface area contributed by atoms with Crippen LogP contribution in [-0.2, 0) is 25.7 Å². The zero-order chi connectivity index (χ0) is 20.5. The molecule has 4 rings (SSSR count). The van der Waals surface area contributed by atoms with Crippen LogP contribution in [0, 0.1) is 6.92 Å². The lowest BCUT2D eigenvalue weighted by Crippen LogP contribution is -2.47. The van der Waals surface area contributed by atoms with E-state index in [9.17, 15) is 13.2 Å². The number of benzene rings is 1. The number of hydrogen-bond donors (Lipinski definition) is 0. The quantitative estimate of drug-likeness (QED) is 0.712. The minimum Gasteiger partial charge on any atom is -0.347 e. The summed E-state index contributed by atoms with van der Waals surface area (Å²) >= 11 is 0. The summed E-state index contributed by atoms with van der Waals surface area (Å²) in [7, 11) is -3.46. The number of aromatic nitrogens is 2. The molecular weight excluding hydrogens is 398 g/mol. The Morgan fingerprint density at radius 2 is 1.79 bits per heavy atom. The van der Waals surface area contributed by atoms with Crippen LogP contribution in [0.15, 0.2) is 33.7 Å². The third kappa shape index (κ3) is 4.34. The molecule has 2 fully saturated rings. The Labute approximate surface area is 168 Å². The van der Waals surface area contributed by atoms with Crippen molar-refractivity contribution in [3.63, 3.8) is 0 Å². The highest BCUT2D eigenvalue weighted by atomic mass is 32.2. The molecule has 0 unspecified atom stereocenters. The van der Waals surface area contributed by atoms with Crippen LogP contribution in [0.1, 0.15) is 34.9 Å². The fourth-order valence-corrected chi connectivity index (χ4v) is 4.74. The van der Waals surface area contributed by atoms with Crippen LogP contribution in [0.2, 0.25) is 0 Å². The molecule has 0 N–H and O–H groups in total. The molecule has 2 saturated heterocycles. The molecule has 0 bridgehead atoms. The minimum absolute atomic E-state index is 0.0672. The van der Waals surface area contributed by atoms with E-state index in [2.05, 4.69) is 10.1 Å². The number of nitrogens with zero attached hydrogens (tertiary/aromatic N) is 3. The summed E-state index contributed by atoms with van der Waals surface area (Å²) in [6.07, 6.45) is 1.25. The lowest BCUT2D eigenvalue weighted by atomic mass is 10.0. The fourth-order valence-electron chi connectivity index (χ4n) is 3.50. The van der Waals surface area contributed by atoms with E-state index in [1.165, 1.54) is 0 Å². The average molecular weight is 421 g/mol. The summed E-state index contributed by atoms with van der Waals surface area (Å²) in [6, 6.07) is 6.66. The average Bonchev–Trinajstić information content (AvgIpc) is 3.37. The van der Waals surface area contributed by atoms with Gasteiger partial charge in [0.1, 0.15) is 0 Å². The second-order valence-corrected chi connectivity index (χ2v) is 9.41. The molecule has 29 heavy (non-hydrogen) atoms. The van der Waals surface area contributed by atoms with E-state index in [0.29, 0.717) is 39.1 Å². The third-order valence-corrected chi connectivity index (χ3v) is 6.98. The van der Waals surface area contributed by atoms with Gasteiger partial charge in [-0.2, -0.15) is 4.98 Å². The monoisotopic (exact) mass is 421 g/mol. The van der Waals surface area contributed by atoms with E-state index in [-0.39, 0.29) is 34.7 Å². The van der Waals surface area contributed by atoms with Gasteiger partial charge in [-0.15, -0.1) is 0 Å². The molecule has 1 spiro atoms. The summed E-state index contributed by atoms with van der Waals surface area (Å²) in [5.41, 5.74) is 0.986. The molecule has 0 saturated carbocycles. The number of sulfone groups is 1. The van der Waals surface area contributed by atoms with Crippen LogP contribution in [0.25, 0.3) is 0 Å². The molecule has 2 aliphatic rings. The summed E-state index contributed by atoms with van der Waals surface area (Å²) in [5.74, 6) is -1.03. The molecule has 1 amide bonds. The molecule has 3 heterocycles. The zero-order valence-corrected chi connectivity index (χ0v) is 17.0. The maximum atomic E-state index is 12.6. The number of likely N-dealkylation sites (tertiary alicyclic amines) is 1. The molecule has 9 nitrogen and oxygen atoms in total. The molecule has 156 valence electrons. The predicted octanol–water partition coefficient (Wildman–Crippen LogP) is 1.37. The summed E-state index contributed by atoms with van der Waals surface area (Å²) in [5, 5.41) is 3.77. The summed E-state index contributed by atoms with van der Waals surface area (Å²) < 4.78 is 41.3. The van der Waals surface area contributed by atoms with Gasteiger partial charge in [0, 0.05) is 32.4 Å². The number of piperidine rings is 1. The normalized spacial score (nSPS) is 19.0. The summed E-state index contributed by atoms with van der Waals surface area (Å²) in [6.45, 7) is 3.99. The molecule has 0 aliphatic carbocycles. The number of carbonyl (C=O) groups excluding carboxylic acids is 1. The molecule has 10 heteroatoms. The second-order valence-electron chi connectivity index (χ2n) is 7.30.